The van der Waals surface area contributed by atoms with Crippen LogP contribution in [0.15, 0.2) is 42.5 Å². The van der Waals surface area contributed by atoms with E-state index < -0.39 is 10.0 Å². The molecule has 1 aliphatic carbocycles. The fourth-order valence-electron chi connectivity index (χ4n) is 4.57. The maximum Gasteiger partial charge on any atom is 0.255 e. The summed E-state index contributed by atoms with van der Waals surface area (Å²) in [5, 5.41) is 5.90. The van der Waals surface area contributed by atoms with E-state index in [1.807, 2.05) is 6.92 Å². The first kappa shape index (κ1) is 21.4. The molecule has 2 aromatic rings. The van der Waals surface area contributed by atoms with E-state index in [1.54, 1.807) is 42.5 Å². The van der Waals surface area contributed by atoms with E-state index in [9.17, 15) is 18.0 Å². The number of hydrogen-bond donors (Lipinski definition) is 2. The zero-order valence-corrected chi connectivity index (χ0v) is 18.5. The van der Waals surface area contributed by atoms with Gasteiger partial charge in [-0.25, -0.2) is 8.42 Å². The maximum atomic E-state index is 12.9. The number of carbonyl (C=O) groups excluding carboxylic acids is 2. The second kappa shape index (κ2) is 8.34. The van der Waals surface area contributed by atoms with Crippen LogP contribution < -0.4 is 14.9 Å². The van der Waals surface area contributed by atoms with Gasteiger partial charge in [-0.1, -0.05) is 25.0 Å². The van der Waals surface area contributed by atoms with Gasteiger partial charge in [-0.2, -0.15) is 0 Å². The molecule has 0 bridgehead atoms. The highest BCUT2D eigenvalue weighted by molar-refractivity contribution is 7.92. The summed E-state index contributed by atoms with van der Waals surface area (Å²) < 4.78 is 25.6. The molecule has 0 aromatic heterocycles. The number of fused-ring (bicyclic) bond motifs is 1. The maximum absolute atomic E-state index is 12.9. The summed E-state index contributed by atoms with van der Waals surface area (Å²) in [6.45, 7) is 1.85. The van der Waals surface area contributed by atoms with Gasteiger partial charge in [-0.05, 0) is 62.1 Å². The first-order valence-corrected chi connectivity index (χ1v) is 12.4. The molecule has 0 spiro atoms. The minimum atomic E-state index is -3.38. The molecule has 0 radical (unpaired) electrons. The lowest BCUT2D eigenvalue weighted by atomic mass is 10.1. The van der Waals surface area contributed by atoms with Crippen molar-refractivity contribution in [1.82, 2.24) is 5.32 Å². The van der Waals surface area contributed by atoms with E-state index in [1.165, 1.54) is 10.6 Å². The summed E-state index contributed by atoms with van der Waals surface area (Å²) in [4.78, 5) is 25.7. The number of anilines is 2. The van der Waals surface area contributed by atoms with Crippen LogP contribution in [0.2, 0.25) is 0 Å². The van der Waals surface area contributed by atoms with Crippen LogP contribution in [0, 0.1) is 0 Å². The molecule has 2 N–H and O–H groups in total. The number of benzene rings is 2. The number of rotatable bonds is 5. The topological polar surface area (TPSA) is 95.6 Å². The van der Waals surface area contributed by atoms with E-state index in [0.717, 1.165) is 31.2 Å². The van der Waals surface area contributed by atoms with E-state index >= 15 is 0 Å². The Balaban J connectivity index is 1.53. The molecule has 31 heavy (non-hydrogen) atoms. The highest BCUT2D eigenvalue weighted by Crippen LogP contribution is 2.35. The van der Waals surface area contributed by atoms with Crippen molar-refractivity contribution in [3.8, 4) is 0 Å². The molecular weight excluding hydrogens is 414 g/mol. The van der Waals surface area contributed by atoms with Gasteiger partial charge in [0.25, 0.3) is 11.8 Å². The van der Waals surface area contributed by atoms with E-state index in [2.05, 4.69) is 10.6 Å². The van der Waals surface area contributed by atoms with Gasteiger partial charge in [0, 0.05) is 17.6 Å². The summed E-state index contributed by atoms with van der Waals surface area (Å²) >= 11 is 0. The van der Waals surface area contributed by atoms with Crippen molar-refractivity contribution in [1.29, 1.82) is 0 Å². The number of amides is 2. The van der Waals surface area contributed by atoms with Gasteiger partial charge in [0.15, 0.2) is 0 Å². The monoisotopic (exact) mass is 441 g/mol. The Labute approximate surface area is 182 Å². The molecular formula is C23H27N3O4S. The lowest BCUT2D eigenvalue weighted by Gasteiger charge is -2.22. The van der Waals surface area contributed by atoms with Gasteiger partial charge in [-0.3, -0.25) is 13.9 Å². The van der Waals surface area contributed by atoms with Crippen molar-refractivity contribution in [3.05, 3.63) is 59.2 Å². The second-order valence-electron chi connectivity index (χ2n) is 8.41. The van der Waals surface area contributed by atoms with Crippen molar-refractivity contribution in [2.45, 2.75) is 51.1 Å². The van der Waals surface area contributed by atoms with Crippen molar-refractivity contribution < 1.29 is 18.0 Å². The number of sulfonamides is 1. The fourth-order valence-corrected chi connectivity index (χ4v) is 5.83. The standard InChI is InChI=1S/C23H27N3O4S/c1-15-13-17-14-16(11-12-21(17)26(15)31(2,29)30)22(27)25-20-10-6-5-9-19(20)23(28)24-18-7-3-4-8-18/h5-6,9-12,14-15,18H,3-4,7-8,13H2,1-2H3,(H,24,28)(H,25,27). The third-order valence-corrected chi connectivity index (χ3v) is 7.23. The molecule has 2 aliphatic rings. The Morgan fingerprint density at radius 2 is 1.74 bits per heavy atom. The quantitative estimate of drug-likeness (QED) is 0.744. The van der Waals surface area contributed by atoms with Gasteiger partial charge in [-0.15, -0.1) is 0 Å². The highest BCUT2D eigenvalue weighted by Gasteiger charge is 2.33. The lowest BCUT2D eigenvalue weighted by Crippen LogP contribution is -2.34. The normalized spacial score (nSPS) is 18.6. The molecule has 1 unspecified atom stereocenters. The third kappa shape index (κ3) is 4.44. The summed E-state index contributed by atoms with van der Waals surface area (Å²) in [5.74, 6) is -0.524. The molecule has 1 atom stereocenters. The van der Waals surface area contributed by atoms with E-state index in [4.69, 9.17) is 0 Å². The summed E-state index contributed by atoms with van der Waals surface area (Å²) in [6, 6.07) is 12.0. The second-order valence-corrected chi connectivity index (χ2v) is 10.3. The van der Waals surface area contributed by atoms with Crippen LogP contribution >= 0.6 is 0 Å². The van der Waals surface area contributed by atoms with E-state index in [0.29, 0.717) is 28.9 Å². The predicted molar refractivity (Wildman–Crippen MR) is 121 cm³/mol. The third-order valence-electron chi connectivity index (χ3n) is 5.96. The molecule has 1 aliphatic heterocycles. The molecule has 1 saturated carbocycles. The smallest absolute Gasteiger partial charge is 0.255 e. The Morgan fingerprint density at radius 3 is 2.45 bits per heavy atom. The summed E-state index contributed by atoms with van der Waals surface area (Å²) in [7, 11) is -3.38. The average Bonchev–Trinajstić information content (AvgIpc) is 3.33. The predicted octanol–water partition coefficient (Wildman–Crippen LogP) is 3.32. The van der Waals surface area contributed by atoms with Gasteiger partial charge >= 0.3 is 0 Å². The fraction of sp³-hybridized carbons (Fsp3) is 0.391. The number of nitrogens with one attached hydrogen (secondary N) is 2. The Bertz CT molecular complexity index is 1120. The number of carbonyl (C=O) groups is 2. The SMILES string of the molecule is CC1Cc2cc(C(=O)Nc3ccccc3C(=O)NC3CCCC3)ccc2N1S(C)(=O)=O. The lowest BCUT2D eigenvalue weighted by molar-refractivity contribution is 0.0938. The van der Waals surface area contributed by atoms with Crippen LogP contribution in [0.25, 0.3) is 0 Å². The minimum Gasteiger partial charge on any atom is -0.349 e. The van der Waals surface area contributed by atoms with Crippen molar-refractivity contribution >= 4 is 33.2 Å². The Hall–Kier alpha value is -2.87. The first-order valence-electron chi connectivity index (χ1n) is 10.6. The van der Waals surface area contributed by atoms with Crippen molar-refractivity contribution in [2.75, 3.05) is 15.9 Å². The number of hydrogen-bond acceptors (Lipinski definition) is 4. The van der Waals surface area contributed by atoms with Crippen molar-refractivity contribution in [3.63, 3.8) is 0 Å². The van der Waals surface area contributed by atoms with Crippen LogP contribution in [0.5, 0.6) is 0 Å². The Kier molecular flexibility index (Phi) is 5.75. The van der Waals surface area contributed by atoms with Crippen LogP contribution in [-0.4, -0.2) is 38.6 Å². The molecule has 2 amide bonds. The Morgan fingerprint density at radius 1 is 1.03 bits per heavy atom. The van der Waals surface area contributed by atoms with E-state index in [-0.39, 0.29) is 23.9 Å². The molecule has 2 aromatic carbocycles. The number of para-hydroxylation sites is 1. The van der Waals surface area contributed by atoms with Gasteiger partial charge < -0.3 is 10.6 Å². The number of nitrogens with zero attached hydrogens (tertiary/aromatic N) is 1. The zero-order chi connectivity index (χ0) is 22.2. The molecule has 0 saturated heterocycles. The van der Waals surface area contributed by atoms with Crippen LogP contribution in [-0.2, 0) is 16.4 Å². The van der Waals surface area contributed by atoms with Crippen LogP contribution in [0.3, 0.4) is 0 Å². The molecule has 164 valence electrons. The van der Waals surface area contributed by atoms with Crippen LogP contribution in [0.4, 0.5) is 11.4 Å². The van der Waals surface area contributed by atoms with Gasteiger partial charge in [0.05, 0.1) is 23.2 Å². The molecule has 8 heteroatoms. The molecule has 7 nitrogen and oxygen atoms in total. The minimum absolute atomic E-state index is 0.186. The molecule has 1 fully saturated rings. The van der Waals surface area contributed by atoms with Crippen LogP contribution in [0.1, 0.15) is 58.9 Å². The van der Waals surface area contributed by atoms with Gasteiger partial charge in [0.2, 0.25) is 10.0 Å². The van der Waals surface area contributed by atoms with Gasteiger partial charge in [0.1, 0.15) is 0 Å². The van der Waals surface area contributed by atoms with Crippen molar-refractivity contribution in [2.24, 2.45) is 0 Å². The summed E-state index contributed by atoms with van der Waals surface area (Å²) in [5.41, 5.74) is 2.74. The average molecular weight is 442 g/mol. The summed E-state index contributed by atoms with van der Waals surface area (Å²) in [6.07, 6.45) is 5.95. The molecule has 4 rings (SSSR count). The highest BCUT2D eigenvalue weighted by atomic mass is 32.2. The largest absolute Gasteiger partial charge is 0.349 e. The first-order chi connectivity index (χ1) is 14.7. The molecule has 1 heterocycles. The zero-order valence-electron chi connectivity index (χ0n) is 17.7.